The van der Waals surface area contributed by atoms with E-state index in [9.17, 15) is 9.18 Å². The van der Waals surface area contributed by atoms with Crippen LogP contribution in [0, 0.1) is 17.7 Å². The minimum atomic E-state index is -0.238. The van der Waals surface area contributed by atoms with E-state index in [-0.39, 0.29) is 11.7 Å². The average molecular weight is 276 g/mol. The number of unbranched alkanes of at least 4 members (excludes halogenated alkanes) is 1. The normalized spacial score (nSPS) is 22.7. The number of halogens is 1. The summed E-state index contributed by atoms with van der Waals surface area (Å²) in [5.41, 5.74) is 0.935. The van der Waals surface area contributed by atoms with Crippen LogP contribution in [0.4, 0.5) is 4.39 Å². The van der Waals surface area contributed by atoms with Gasteiger partial charge in [-0.05, 0) is 49.3 Å². The van der Waals surface area contributed by atoms with E-state index < -0.39 is 0 Å². The maximum Gasteiger partial charge on any atom is 0.140 e. The van der Waals surface area contributed by atoms with Crippen LogP contribution < -0.4 is 0 Å². The van der Waals surface area contributed by atoms with Gasteiger partial charge in [0, 0.05) is 12.3 Å². The zero-order valence-electron chi connectivity index (χ0n) is 12.4. The highest BCUT2D eigenvalue weighted by molar-refractivity contribution is 5.83. The molecule has 0 N–H and O–H groups in total. The predicted molar refractivity (Wildman–Crippen MR) is 80.1 cm³/mol. The fraction of sp³-hybridized carbons (Fsp3) is 0.611. The third-order valence-electron chi connectivity index (χ3n) is 4.56. The fourth-order valence-electron chi connectivity index (χ4n) is 3.21. The first kappa shape index (κ1) is 15.2. The van der Waals surface area contributed by atoms with Crippen LogP contribution >= 0.6 is 0 Å². The summed E-state index contributed by atoms with van der Waals surface area (Å²) in [6.45, 7) is 2.23. The zero-order valence-corrected chi connectivity index (χ0v) is 12.4. The monoisotopic (exact) mass is 276 g/mol. The number of benzene rings is 1. The molecule has 1 saturated carbocycles. The second kappa shape index (κ2) is 7.56. The van der Waals surface area contributed by atoms with Gasteiger partial charge in [0.05, 0.1) is 0 Å². The topological polar surface area (TPSA) is 17.1 Å². The molecule has 2 heteroatoms. The Morgan fingerprint density at radius 3 is 2.40 bits per heavy atom. The molecule has 0 amide bonds. The molecule has 0 radical (unpaired) electrons. The highest BCUT2D eigenvalue weighted by atomic mass is 19.1. The van der Waals surface area contributed by atoms with Crippen LogP contribution in [0.15, 0.2) is 24.3 Å². The Bertz CT molecular complexity index is 416. The molecular weight excluding hydrogens is 251 g/mol. The molecule has 0 aromatic heterocycles. The van der Waals surface area contributed by atoms with Crippen molar-refractivity contribution in [1.29, 1.82) is 0 Å². The van der Waals surface area contributed by atoms with E-state index in [4.69, 9.17) is 0 Å². The molecule has 0 saturated heterocycles. The van der Waals surface area contributed by atoms with E-state index >= 15 is 0 Å². The highest BCUT2D eigenvalue weighted by Crippen LogP contribution is 2.32. The summed E-state index contributed by atoms with van der Waals surface area (Å²) in [6, 6.07) is 6.31. The molecule has 1 fully saturated rings. The van der Waals surface area contributed by atoms with Crippen molar-refractivity contribution in [2.75, 3.05) is 0 Å². The van der Waals surface area contributed by atoms with Gasteiger partial charge in [-0.15, -0.1) is 0 Å². The van der Waals surface area contributed by atoms with Crippen LogP contribution in [0.25, 0.3) is 0 Å². The lowest BCUT2D eigenvalue weighted by molar-refractivity contribution is -0.123. The van der Waals surface area contributed by atoms with Gasteiger partial charge in [0.15, 0.2) is 0 Å². The number of ketones is 1. The Balaban J connectivity index is 1.78. The molecule has 0 atom stereocenters. The molecule has 1 aromatic carbocycles. The Morgan fingerprint density at radius 1 is 1.15 bits per heavy atom. The van der Waals surface area contributed by atoms with Gasteiger partial charge in [-0.2, -0.15) is 0 Å². The van der Waals surface area contributed by atoms with E-state index in [1.807, 2.05) is 0 Å². The minimum absolute atomic E-state index is 0.234. The largest absolute Gasteiger partial charge is 0.299 e. The van der Waals surface area contributed by atoms with Gasteiger partial charge in [-0.25, -0.2) is 4.39 Å². The summed E-state index contributed by atoms with van der Waals surface area (Å²) in [7, 11) is 0. The molecule has 0 aliphatic heterocycles. The maximum absolute atomic E-state index is 12.8. The standard InChI is InChI=1S/C18H25FO/c1-2-3-4-14-5-9-16(10-6-14)18(20)13-15-7-11-17(19)12-8-15/h7-8,11-12,14,16H,2-6,9-10,13H2,1H3. The Hall–Kier alpha value is -1.18. The van der Waals surface area contributed by atoms with Crippen LogP contribution in [-0.2, 0) is 11.2 Å². The van der Waals surface area contributed by atoms with Crippen molar-refractivity contribution in [3.8, 4) is 0 Å². The molecule has 1 aromatic rings. The fourth-order valence-corrected chi connectivity index (χ4v) is 3.21. The van der Waals surface area contributed by atoms with Crippen molar-refractivity contribution in [3.05, 3.63) is 35.6 Å². The van der Waals surface area contributed by atoms with Crippen molar-refractivity contribution in [2.45, 2.75) is 58.3 Å². The zero-order chi connectivity index (χ0) is 14.4. The van der Waals surface area contributed by atoms with E-state index in [0.29, 0.717) is 12.2 Å². The van der Waals surface area contributed by atoms with Crippen molar-refractivity contribution in [3.63, 3.8) is 0 Å². The van der Waals surface area contributed by atoms with Crippen molar-refractivity contribution < 1.29 is 9.18 Å². The molecule has 1 aliphatic carbocycles. The van der Waals surface area contributed by atoms with Crippen LogP contribution in [0.5, 0.6) is 0 Å². The molecule has 1 nitrogen and oxygen atoms in total. The van der Waals surface area contributed by atoms with Crippen LogP contribution in [0.2, 0.25) is 0 Å². The Morgan fingerprint density at radius 2 is 1.80 bits per heavy atom. The lowest BCUT2D eigenvalue weighted by Gasteiger charge is -2.27. The Labute approximate surface area is 121 Å². The lowest BCUT2D eigenvalue weighted by atomic mass is 9.77. The van der Waals surface area contributed by atoms with Crippen molar-refractivity contribution in [1.82, 2.24) is 0 Å². The van der Waals surface area contributed by atoms with Crippen LogP contribution in [-0.4, -0.2) is 5.78 Å². The SMILES string of the molecule is CCCCC1CCC(C(=O)Cc2ccc(F)cc2)CC1. The van der Waals surface area contributed by atoms with Gasteiger partial charge in [-0.3, -0.25) is 4.79 Å². The summed E-state index contributed by atoms with van der Waals surface area (Å²) < 4.78 is 12.8. The van der Waals surface area contributed by atoms with Gasteiger partial charge < -0.3 is 0 Å². The highest BCUT2D eigenvalue weighted by Gasteiger charge is 2.25. The third kappa shape index (κ3) is 4.43. The lowest BCUT2D eigenvalue weighted by Crippen LogP contribution is -2.23. The van der Waals surface area contributed by atoms with E-state index in [1.165, 1.54) is 44.2 Å². The molecule has 2 rings (SSSR count). The predicted octanol–water partition coefficient (Wildman–Crippen LogP) is 4.93. The number of hydrogen-bond acceptors (Lipinski definition) is 1. The van der Waals surface area contributed by atoms with Gasteiger partial charge in [0.2, 0.25) is 0 Å². The molecule has 0 spiro atoms. The molecular formula is C18H25FO. The first-order valence-electron chi connectivity index (χ1n) is 7.96. The van der Waals surface area contributed by atoms with E-state index in [1.54, 1.807) is 12.1 Å². The second-order valence-corrected chi connectivity index (χ2v) is 6.13. The first-order chi connectivity index (χ1) is 9.69. The van der Waals surface area contributed by atoms with Crippen molar-refractivity contribution >= 4 is 5.78 Å². The van der Waals surface area contributed by atoms with Crippen LogP contribution in [0.3, 0.4) is 0 Å². The van der Waals surface area contributed by atoms with Crippen molar-refractivity contribution in [2.24, 2.45) is 11.8 Å². The minimum Gasteiger partial charge on any atom is -0.299 e. The first-order valence-corrected chi connectivity index (χ1v) is 7.96. The number of hydrogen-bond donors (Lipinski definition) is 0. The van der Waals surface area contributed by atoms with Gasteiger partial charge >= 0.3 is 0 Å². The quantitative estimate of drug-likeness (QED) is 0.719. The average Bonchev–Trinajstić information content (AvgIpc) is 2.48. The van der Waals surface area contributed by atoms with Gasteiger partial charge in [0.1, 0.15) is 11.6 Å². The third-order valence-corrected chi connectivity index (χ3v) is 4.56. The molecule has 0 bridgehead atoms. The second-order valence-electron chi connectivity index (χ2n) is 6.13. The Kier molecular flexibility index (Phi) is 5.75. The molecule has 1 aliphatic rings. The molecule has 0 unspecified atom stereocenters. The smallest absolute Gasteiger partial charge is 0.140 e. The van der Waals surface area contributed by atoms with E-state index in [2.05, 4.69) is 6.92 Å². The molecule has 110 valence electrons. The van der Waals surface area contributed by atoms with E-state index in [0.717, 1.165) is 24.3 Å². The van der Waals surface area contributed by atoms with Crippen LogP contribution in [0.1, 0.15) is 57.4 Å². The number of carbonyl (C=O) groups is 1. The molecule has 20 heavy (non-hydrogen) atoms. The summed E-state index contributed by atoms with van der Waals surface area (Å²) in [4.78, 5) is 12.3. The summed E-state index contributed by atoms with van der Waals surface area (Å²) in [6.07, 6.45) is 8.89. The number of carbonyl (C=O) groups excluding carboxylic acids is 1. The number of Topliss-reactive ketones (excluding diaryl/α,β-unsaturated/α-hetero) is 1. The van der Waals surface area contributed by atoms with Gasteiger partial charge in [0.25, 0.3) is 0 Å². The summed E-state index contributed by atoms with van der Waals surface area (Å²) in [5.74, 6) is 1.17. The number of rotatable bonds is 6. The summed E-state index contributed by atoms with van der Waals surface area (Å²) in [5, 5.41) is 0. The maximum atomic E-state index is 12.8. The molecule has 0 heterocycles. The van der Waals surface area contributed by atoms with Gasteiger partial charge in [-0.1, -0.05) is 38.3 Å². The summed E-state index contributed by atoms with van der Waals surface area (Å²) >= 11 is 0.